The van der Waals surface area contributed by atoms with Crippen LogP contribution in [0, 0.1) is 0 Å². The highest BCUT2D eigenvalue weighted by Gasteiger charge is 2.29. The summed E-state index contributed by atoms with van der Waals surface area (Å²) in [6.07, 6.45) is 6.39. The summed E-state index contributed by atoms with van der Waals surface area (Å²) in [6.45, 7) is 2.19. The summed E-state index contributed by atoms with van der Waals surface area (Å²) in [4.78, 5) is 11.0. The first-order valence-electron chi connectivity index (χ1n) is 6.02. The minimum atomic E-state index is 0.690. The number of rotatable bonds is 5. The van der Waals surface area contributed by atoms with Gasteiger partial charge in [0, 0.05) is 25.7 Å². The second-order valence-corrected chi connectivity index (χ2v) is 4.37. The predicted octanol–water partition coefficient (Wildman–Crippen LogP) is 2.07. The fourth-order valence-corrected chi connectivity index (χ4v) is 2.04. The first-order valence-corrected chi connectivity index (χ1v) is 6.02. The molecule has 16 heavy (non-hydrogen) atoms. The highest BCUT2D eigenvalue weighted by Crippen LogP contribution is 2.32. The number of hydrogen-bond acceptors (Lipinski definition) is 4. The molecule has 0 unspecified atom stereocenters. The SMILES string of the molecule is CCCc1c(NC)ncnc1N(C)C1CC1. The van der Waals surface area contributed by atoms with Gasteiger partial charge in [0.15, 0.2) is 0 Å². The molecule has 0 atom stereocenters. The first-order chi connectivity index (χ1) is 7.77. The van der Waals surface area contributed by atoms with E-state index < -0.39 is 0 Å². The smallest absolute Gasteiger partial charge is 0.137 e. The molecule has 1 fully saturated rings. The van der Waals surface area contributed by atoms with Gasteiger partial charge >= 0.3 is 0 Å². The highest BCUT2D eigenvalue weighted by molar-refractivity contribution is 5.59. The Morgan fingerprint density at radius 2 is 2.19 bits per heavy atom. The number of hydrogen-bond donors (Lipinski definition) is 1. The van der Waals surface area contributed by atoms with Crippen LogP contribution < -0.4 is 10.2 Å². The van der Waals surface area contributed by atoms with Gasteiger partial charge in [-0.2, -0.15) is 0 Å². The van der Waals surface area contributed by atoms with E-state index in [4.69, 9.17) is 0 Å². The van der Waals surface area contributed by atoms with Crippen molar-refractivity contribution in [3.05, 3.63) is 11.9 Å². The molecule has 0 saturated heterocycles. The number of anilines is 2. The molecule has 1 N–H and O–H groups in total. The molecule has 88 valence electrons. The summed E-state index contributed by atoms with van der Waals surface area (Å²) in [7, 11) is 4.06. The van der Waals surface area contributed by atoms with Crippen LogP contribution in [0.2, 0.25) is 0 Å². The Labute approximate surface area is 97.1 Å². The maximum Gasteiger partial charge on any atom is 0.137 e. The maximum absolute atomic E-state index is 4.44. The fourth-order valence-electron chi connectivity index (χ4n) is 2.04. The average Bonchev–Trinajstić information content (AvgIpc) is 3.13. The summed E-state index contributed by atoms with van der Waals surface area (Å²) >= 11 is 0. The van der Waals surface area contributed by atoms with Gasteiger partial charge in [-0.05, 0) is 19.3 Å². The largest absolute Gasteiger partial charge is 0.373 e. The molecule has 0 aliphatic heterocycles. The number of aromatic nitrogens is 2. The summed E-state index contributed by atoms with van der Waals surface area (Å²) in [5.41, 5.74) is 1.25. The molecule has 1 aliphatic rings. The zero-order valence-corrected chi connectivity index (χ0v) is 10.3. The van der Waals surface area contributed by atoms with Gasteiger partial charge in [0.1, 0.15) is 18.0 Å². The molecule has 1 heterocycles. The van der Waals surface area contributed by atoms with E-state index in [0.717, 1.165) is 24.5 Å². The molecule has 4 nitrogen and oxygen atoms in total. The second-order valence-electron chi connectivity index (χ2n) is 4.37. The molecule has 0 bridgehead atoms. The van der Waals surface area contributed by atoms with Crippen molar-refractivity contribution >= 4 is 11.6 Å². The van der Waals surface area contributed by atoms with Gasteiger partial charge in [0.05, 0.1) is 0 Å². The van der Waals surface area contributed by atoms with Crippen molar-refractivity contribution in [1.82, 2.24) is 9.97 Å². The molecule has 2 rings (SSSR count). The molecule has 0 amide bonds. The third kappa shape index (κ3) is 2.10. The Bertz CT molecular complexity index is 360. The van der Waals surface area contributed by atoms with Crippen LogP contribution in [0.15, 0.2) is 6.33 Å². The Hall–Kier alpha value is -1.32. The monoisotopic (exact) mass is 220 g/mol. The van der Waals surface area contributed by atoms with E-state index in [0.29, 0.717) is 6.04 Å². The van der Waals surface area contributed by atoms with E-state index >= 15 is 0 Å². The Kier molecular flexibility index (Phi) is 3.27. The summed E-state index contributed by atoms with van der Waals surface area (Å²) in [6, 6.07) is 0.690. The Balaban J connectivity index is 2.33. The van der Waals surface area contributed by atoms with Crippen molar-refractivity contribution in [2.75, 3.05) is 24.3 Å². The lowest BCUT2D eigenvalue weighted by molar-refractivity contribution is 0.841. The average molecular weight is 220 g/mol. The van der Waals surface area contributed by atoms with Crippen molar-refractivity contribution in [2.24, 2.45) is 0 Å². The van der Waals surface area contributed by atoms with Crippen molar-refractivity contribution in [3.63, 3.8) is 0 Å². The molecule has 0 aromatic carbocycles. The molecular weight excluding hydrogens is 200 g/mol. The quantitative estimate of drug-likeness (QED) is 0.824. The molecule has 1 aromatic rings. The van der Waals surface area contributed by atoms with Gasteiger partial charge in [-0.3, -0.25) is 0 Å². The van der Waals surface area contributed by atoms with Crippen molar-refractivity contribution in [3.8, 4) is 0 Å². The van der Waals surface area contributed by atoms with E-state index in [1.807, 2.05) is 7.05 Å². The van der Waals surface area contributed by atoms with E-state index in [1.165, 1.54) is 18.4 Å². The van der Waals surface area contributed by atoms with E-state index in [2.05, 4.69) is 34.2 Å². The standard InChI is InChI=1S/C12H20N4/c1-4-5-10-11(13-2)14-8-15-12(10)16(3)9-6-7-9/h8-9H,4-7H2,1-3H3,(H,13,14,15). The lowest BCUT2D eigenvalue weighted by atomic mass is 10.1. The molecule has 4 heteroatoms. The van der Waals surface area contributed by atoms with Crippen LogP contribution in [0.1, 0.15) is 31.7 Å². The van der Waals surface area contributed by atoms with Crippen molar-refractivity contribution in [1.29, 1.82) is 0 Å². The van der Waals surface area contributed by atoms with Crippen LogP contribution in [0.5, 0.6) is 0 Å². The third-order valence-corrected chi connectivity index (χ3v) is 3.09. The van der Waals surface area contributed by atoms with Gasteiger partial charge in [0.2, 0.25) is 0 Å². The van der Waals surface area contributed by atoms with Crippen molar-refractivity contribution < 1.29 is 0 Å². The van der Waals surface area contributed by atoms with Crippen molar-refractivity contribution in [2.45, 2.75) is 38.6 Å². The Morgan fingerprint density at radius 1 is 1.44 bits per heavy atom. The van der Waals surface area contributed by atoms with E-state index in [1.54, 1.807) is 6.33 Å². The van der Waals surface area contributed by atoms with Crippen LogP contribution in [-0.2, 0) is 6.42 Å². The van der Waals surface area contributed by atoms with Crippen LogP contribution in [0.3, 0.4) is 0 Å². The summed E-state index contributed by atoms with van der Waals surface area (Å²) < 4.78 is 0. The normalized spacial score (nSPS) is 14.9. The van der Waals surface area contributed by atoms with Gasteiger partial charge < -0.3 is 10.2 Å². The topological polar surface area (TPSA) is 41.1 Å². The third-order valence-electron chi connectivity index (χ3n) is 3.09. The molecule has 1 aromatic heterocycles. The van der Waals surface area contributed by atoms with Crippen LogP contribution in [0.25, 0.3) is 0 Å². The van der Waals surface area contributed by atoms with Gasteiger partial charge in [0.25, 0.3) is 0 Å². The Morgan fingerprint density at radius 3 is 2.75 bits per heavy atom. The maximum atomic E-state index is 4.44. The zero-order chi connectivity index (χ0) is 11.5. The molecule has 1 aliphatic carbocycles. The number of nitrogens with zero attached hydrogens (tertiary/aromatic N) is 3. The molecule has 0 spiro atoms. The lowest BCUT2D eigenvalue weighted by Gasteiger charge is -2.21. The van der Waals surface area contributed by atoms with Crippen LogP contribution in [-0.4, -0.2) is 30.1 Å². The second kappa shape index (κ2) is 4.68. The summed E-state index contributed by atoms with van der Waals surface area (Å²) in [5, 5.41) is 3.16. The van der Waals surface area contributed by atoms with Gasteiger partial charge in [-0.15, -0.1) is 0 Å². The zero-order valence-electron chi connectivity index (χ0n) is 10.3. The fraction of sp³-hybridized carbons (Fsp3) is 0.667. The lowest BCUT2D eigenvalue weighted by Crippen LogP contribution is -2.23. The van der Waals surface area contributed by atoms with E-state index in [-0.39, 0.29) is 0 Å². The van der Waals surface area contributed by atoms with Gasteiger partial charge in [-0.25, -0.2) is 9.97 Å². The molecule has 0 radical (unpaired) electrons. The van der Waals surface area contributed by atoms with Crippen LogP contribution >= 0.6 is 0 Å². The molecule has 1 saturated carbocycles. The van der Waals surface area contributed by atoms with Gasteiger partial charge in [-0.1, -0.05) is 13.3 Å². The predicted molar refractivity (Wildman–Crippen MR) is 67.0 cm³/mol. The minimum Gasteiger partial charge on any atom is -0.373 e. The minimum absolute atomic E-state index is 0.690. The highest BCUT2D eigenvalue weighted by atomic mass is 15.2. The summed E-state index contributed by atoms with van der Waals surface area (Å²) in [5.74, 6) is 2.07. The number of nitrogens with one attached hydrogen (secondary N) is 1. The van der Waals surface area contributed by atoms with Crippen LogP contribution in [0.4, 0.5) is 11.6 Å². The first kappa shape index (κ1) is 11.2. The van der Waals surface area contributed by atoms with E-state index in [9.17, 15) is 0 Å². The molecular formula is C12H20N4.